The Hall–Kier alpha value is -1.35. The van der Waals surface area contributed by atoms with E-state index in [1.54, 1.807) is 0 Å². The largest absolute Gasteiger partial charge is 0.343 e. The number of aryl methyl sites for hydroxylation is 2. The van der Waals surface area contributed by atoms with Gasteiger partial charge in [-0.05, 0) is 25.8 Å². The van der Waals surface area contributed by atoms with Crippen LogP contribution >= 0.6 is 0 Å². The number of benzene rings is 1. The van der Waals surface area contributed by atoms with Crippen LogP contribution in [0.3, 0.4) is 0 Å². The third kappa shape index (κ3) is 2.86. The van der Waals surface area contributed by atoms with E-state index in [0.29, 0.717) is 0 Å². The van der Waals surface area contributed by atoms with Gasteiger partial charge in [0, 0.05) is 20.1 Å². The second-order valence-corrected chi connectivity index (χ2v) is 4.97. The van der Waals surface area contributed by atoms with Gasteiger partial charge in [-0.3, -0.25) is 4.79 Å². The summed E-state index contributed by atoms with van der Waals surface area (Å²) >= 11 is 0. The van der Waals surface area contributed by atoms with Gasteiger partial charge in [0.25, 0.3) is 0 Å². The van der Waals surface area contributed by atoms with Crippen LogP contribution in [0.1, 0.15) is 16.7 Å². The average Bonchev–Trinajstić information content (AvgIpc) is 2.23. The Kier molecular flexibility index (Phi) is 3.48. The van der Waals surface area contributed by atoms with E-state index in [1.807, 2.05) is 11.9 Å². The van der Waals surface area contributed by atoms with Crippen LogP contribution in [-0.4, -0.2) is 37.0 Å². The summed E-state index contributed by atoms with van der Waals surface area (Å²) in [7, 11) is 1.87. The molecule has 3 nitrogen and oxygen atoms in total. The molecule has 17 heavy (non-hydrogen) atoms. The van der Waals surface area contributed by atoms with Gasteiger partial charge in [-0.15, -0.1) is 0 Å². The number of hydrogen-bond acceptors (Lipinski definition) is 2. The molecule has 92 valence electrons. The Labute approximate surface area is 103 Å². The molecule has 1 unspecified atom stereocenters. The van der Waals surface area contributed by atoms with E-state index in [-0.39, 0.29) is 11.9 Å². The molecular formula is C14H20N2O. The van der Waals surface area contributed by atoms with Crippen molar-refractivity contribution in [3.63, 3.8) is 0 Å². The lowest BCUT2D eigenvalue weighted by Crippen LogP contribution is -2.54. The molecule has 1 aromatic rings. The SMILES string of the molecule is Cc1cc(C)cc(CC2NCCN(C)C2=O)c1. The van der Waals surface area contributed by atoms with Crippen molar-refractivity contribution in [1.82, 2.24) is 10.2 Å². The standard InChI is InChI=1S/C14H20N2O/c1-10-6-11(2)8-12(7-10)9-13-14(17)16(3)5-4-15-13/h6-8,13,15H,4-5,9H2,1-3H3. The van der Waals surface area contributed by atoms with Gasteiger partial charge < -0.3 is 10.2 Å². The summed E-state index contributed by atoms with van der Waals surface area (Å²) in [5, 5.41) is 3.30. The normalized spacial score (nSPS) is 20.8. The summed E-state index contributed by atoms with van der Waals surface area (Å²) in [6, 6.07) is 6.42. The first kappa shape index (κ1) is 12.1. The molecule has 1 N–H and O–H groups in total. The number of likely N-dealkylation sites (N-methyl/N-ethyl adjacent to an activating group) is 1. The maximum atomic E-state index is 12.0. The second kappa shape index (κ2) is 4.88. The van der Waals surface area contributed by atoms with Crippen LogP contribution in [0.25, 0.3) is 0 Å². The molecule has 0 aliphatic carbocycles. The molecule has 1 saturated heterocycles. The minimum atomic E-state index is -0.0602. The Balaban J connectivity index is 2.12. The fraction of sp³-hybridized carbons (Fsp3) is 0.500. The van der Waals surface area contributed by atoms with Crippen molar-refractivity contribution < 1.29 is 4.79 Å². The summed E-state index contributed by atoms with van der Waals surface area (Å²) < 4.78 is 0. The van der Waals surface area contributed by atoms with Gasteiger partial charge in [0.2, 0.25) is 5.91 Å². The lowest BCUT2D eigenvalue weighted by atomic mass is 9.99. The van der Waals surface area contributed by atoms with Gasteiger partial charge in [-0.2, -0.15) is 0 Å². The highest BCUT2D eigenvalue weighted by molar-refractivity contribution is 5.82. The molecule has 1 aromatic carbocycles. The number of nitrogens with zero attached hydrogens (tertiary/aromatic N) is 1. The maximum Gasteiger partial charge on any atom is 0.239 e. The lowest BCUT2D eigenvalue weighted by molar-refractivity contribution is -0.134. The van der Waals surface area contributed by atoms with E-state index in [1.165, 1.54) is 16.7 Å². The van der Waals surface area contributed by atoms with E-state index >= 15 is 0 Å². The van der Waals surface area contributed by atoms with Gasteiger partial charge in [0.15, 0.2) is 0 Å². The van der Waals surface area contributed by atoms with Crippen LogP contribution < -0.4 is 5.32 Å². The van der Waals surface area contributed by atoms with E-state index in [4.69, 9.17) is 0 Å². The number of hydrogen-bond donors (Lipinski definition) is 1. The zero-order chi connectivity index (χ0) is 12.4. The Morgan fingerprint density at radius 1 is 1.29 bits per heavy atom. The van der Waals surface area contributed by atoms with Crippen LogP contribution in [0.2, 0.25) is 0 Å². The monoisotopic (exact) mass is 232 g/mol. The van der Waals surface area contributed by atoms with Crippen LogP contribution in [0.15, 0.2) is 18.2 Å². The van der Waals surface area contributed by atoms with E-state index in [2.05, 4.69) is 37.4 Å². The molecule has 0 spiro atoms. The smallest absolute Gasteiger partial charge is 0.239 e. The van der Waals surface area contributed by atoms with Crippen LogP contribution in [0.5, 0.6) is 0 Å². The third-order valence-electron chi connectivity index (χ3n) is 3.23. The first-order chi connectivity index (χ1) is 8.06. The predicted molar refractivity (Wildman–Crippen MR) is 69.0 cm³/mol. The Morgan fingerprint density at radius 2 is 1.94 bits per heavy atom. The molecule has 1 aliphatic rings. The molecule has 2 rings (SSSR count). The Bertz CT molecular complexity index is 408. The highest BCUT2D eigenvalue weighted by Crippen LogP contribution is 2.12. The molecule has 1 atom stereocenters. The fourth-order valence-electron chi connectivity index (χ4n) is 2.45. The number of carbonyl (C=O) groups is 1. The molecule has 1 fully saturated rings. The summed E-state index contributed by atoms with van der Waals surface area (Å²) in [6.07, 6.45) is 0.783. The van der Waals surface area contributed by atoms with Crippen molar-refractivity contribution in [3.8, 4) is 0 Å². The van der Waals surface area contributed by atoms with Gasteiger partial charge in [-0.25, -0.2) is 0 Å². The van der Waals surface area contributed by atoms with E-state index < -0.39 is 0 Å². The van der Waals surface area contributed by atoms with Crippen molar-refractivity contribution in [2.45, 2.75) is 26.3 Å². The Morgan fingerprint density at radius 3 is 2.59 bits per heavy atom. The molecule has 1 heterocycles. The van der Waals surface area contributed by atoms with Crippen molar-refractivity contribution in [2.24, 2.45) is 0 Å². The van der Waals surface area contributed by atoms with Crippen LogP contribution in [0.4, 0.5) is 0 Å². The van der Waals surface area contributed by atoms with Crippen LogP contribution in [0, 0.1) is 13.8 Å². The first-order valence-electron chi connectivity index (χ1n) is 6.12. The molecule has 3 heteroatoms. The molecule has 0 radical (unpaired) electrons. The van der Waals surface area contributed by atoms with Gasteiger partial charge in [-0.1, -0.05) is 29.3 Å². The number of rotatable bonds is 2. The highest BCUT2D eigenvalue weighted by Gasteiger charge is 2.25. The van der Waals surface area contributed by atoms with Crippen molar-refractivity contribution in [1.29, 1.82) is 0 Å². The van der Waals surface area contributed by atoms with Gasteiger partial charge in [0.1, 0.15) is 0 Å². The molecule has 1 amide bonds. The minimum absolute atomic E-state index is 0.0602. The first-order valence-corrected chi connectivity index (χ1v) is 6.12. The van der Waals surface area contributed by atoms with E-state index in [9.17, 15) is 4.79 Å². The topological polar surface area (TPSA) is 32.3 Å². The van der Waals surface area contributed by atoms with E-state index in [0.717, 1.165) is 19.5 Å². The summed E-state index contributed by atoms with van der Waals surface area (Å²) in [5.74, 6) is 0.204. The number of amides is 1. The molecule has 0 aromatic heterocycles. The van der Waals surface area contributed by atoms with Crippen molar-refractivity contribution in [2.75, 3.05) is 20.1 Å². The number of carbonyl (C=O) groups excluding carboxylic acids is 1. The third-order valence-corrected chi connectivity index (χ3v) is 3.23. The molecule has 0 bridgehead atoms. The molecule has 0 saturated carbocycles. The van der Waals surface area contributed by atoms with Crippen molar-refractivity contribution in [3.05, 3.63) is 34.9 Å². The number of piperazine rings is 1. The molecular weight excluding hydrogens is 212 g/mol. The van der Waals surface area contributed by atoms with Gasteiger partial charge >= 0.3 is 0 Å². The lowest BCUT2D eigenvalue weighted by Gasteiger charge is -2.30. The summed E-state index contributed by atoms with van der Waals surface area (Å²) in [6.45, 7) is 5.89. The highest BCUT2D eigenvalue weighted by atomic mass is 16.2. The average molecular weight is 232 g/mol. The quantitative estimate of drug-likeness (QED) is 0.833. The molecule has 1 aliphatic heterocycles. The minimum Gasteiger partial charge on any atom is -0.343 e. The number of nitrogens with one attached hydrogen (secondary N) is 1. The van der Waals surface area contributed by atoms with Crippen LogP contribution in [-0.2, 0) is 11.2 Å². The zero-order valence-electron chi connectivity index (χ0n) is 10.8. The second-order valence-electron chi connectivity index (χ2n) is 4.97. The van der Waals surface area contributed by atoms with Gasteiger partial charge in [0.05, 0.1) is 6.04 Å². The maximum absolute atomic E-state index is 12.0. The summed E-state index contributed by atoms with van der Waals surface area (Å²) in [4.78, 5) is 13.8. The summed E-state index contributed by atoms with van der Waals surface area (Å²) in [5.41, 5.74) is 3.76. The van der Waals surface area contributed by atoms with Crippen molar-refractivity contribution >= 4 is 5.91 Å². The predicted octanol–water partition coefficient (Wildman–Crippen LogP) is 1.28. The zero-order valence-corrected chi connectivity index (χ0v) is 10.8. The fourth-order valence-corrected chi connectivity index (χ4v) is 2.45.